The molecule has 2 heterocycles. The van der Waals surface area contributed by atoms with Gasteiger partial charge in [-0.05, 0) is 56.4 Å². The normalized spacial score (nSPS) is 31.5. The molecule has 2 saturated heterocycles. The van der Waals surface area contributed by atoms with Gasteiger partial charge >= 0.3 is 0 Å². The topological polar surface area (TPSA) is 67.4 Å². The summed E-state index contributed by atoms with van der Waals surface area (Å²) in [7, 11) is -3.35. The molecule has 3 fully saturated rings. The molecule has 1 aliphatic carbocycles. The van der Waals surface area contributed by atoms with E-state index in [1.807, 2.05) is 12.1 Å². The van der Waals surface area contributed by atoms with Gasteiger partial charge in [0.05, 0.1) is 23.1 Å². The molecule has 5 nitrogen and oxygen atoms in total. The van der Waals surface area contributed by atoms with Crippen molar-refractivity contribution in [2.45, 2.75) is 61.3 Å². The van der Waals surface area contributed by atoms with E-state index < -0.39 is 10.0 Å². The van der Waals surface area contributed by atoms with E-state index in [2.05, 4.69) is 10.0 Å². The Hall–Kier alpha value is -1.11. The zero-order valence-corrected chi connectivity index (χ0v) is 12.6. The standard InChI is InChI=1S/C15H20N2O3S/c18-21(19,17-11-1-2-11)13-6-3-10(4-7-13)16-14-9-12-5-8-15(14)20-12/h3-4,6-7,11-12,14-17H,1-2,5,8-9H2. The lowest BCUT2D eigenvalue weighted by Crippen LogP contribution is -2.30. The first kappa shape index (κ1) is 13.5. The molecular weight excluding hydrogens is 288 g/mol. The molecule has 4 rings (SSSR count). The van der Waals surface area contributed by atoms with Crippen LogP contribution in [0.1, 0.15) is 32.1 Å². The lowest BCUT2D eigenvalue weighted by molar-refractivity contribution is 0.102. The Morgan fingerprint density at radius 2 is 1.81 bits per heavy atom. The molecule has 0 radical (unpaired) electrons. The van der Waals surface area contributed by atoms with Crippen LogP contribution in [0.4, 0.5) is 5.69 Å². The predicted molar refractivity (Wildman–Crippen MR) is 79.7 cm³/mol. The molecule has 1 aromatic rings. The molecule has 21 heavy (non-hydrogen) atoms. The average Bonchev–Trinajstić information content (AvgIpc) is 3.01. The van der Waals surface area contributed by atoms with Crippen molar-refractivity contribution in [1.82, 2.24) is 4.72 Å². The number of sulfonamides is 1. The summed E-state index contributed by atoms with van der Waals surface area (Å²) in [6, 6.07) is 7.51. The Balaban J connectivity index is 1.43. The molecule has 2 bridgehead atoms. The Bertz CT molecular complexity index is 625. The Kier molecular flexibility index (Phi) is 3.20. The summed E-state index contributed by atoms with van der Waals surface area (Å²) in [6.45, 7) is 0. The third-order valence-electron chi connectivity index (χ3n) is 4.52. The summed E-state index contributed by atoms with van der Waals surface area (Å²) >= 11 is 0. The monoisotopic (exact) mass is 308 g/mol. The van der Waals surface area contributed by atoms with Crippen molar-refractivity contribution in [1.29, 1.82) is 0 Å². The van der Waals surface area contributed by atoms with E-state index in [9.17, 15) is 8.42 Å². The van der Waals surface area contributed by atoms with Crippen LogP contribution in [0.2, 0.25) is 0 Å². The van der Waals surface area contributed by atoms with Crippen LogP contribution in [0.3, 0.4) is 0 Å². The van der Waals surface area contributed by atoms with Crippen molar-refractivity contribution < 1.29 is 13.2 Å². The number of fused-ring (bicyclic) bond motifs is 2. The van der Waals surface area contributed by atoms with Crippen LogP contribution in [-0.2, 0) is 14.8 Å². The van der Waals surface area contributed by atoms with Crippen molar-refractivity contribution in [3.05, 3.63) is 24.3 Å². The number of anilines is 1. The highest BCUT2D eigenvalue weighted by molar-refractivity contribution is 7.89. The zero-order valence-electron chi connectivity index (χ0n) is 11.8. The zero-order chi connectivity index (χ0) is 14.4. The minimum absolute atomic E-state index is 0.138. The molecule has 1 aromatic carbocycles. The fourth-order valence-corrected chi connectivity index (χ4v) is 4.53. The highest BCUT2D eigenvalue weighted by atomic mass is 32.2. The Morgan fingerprint density at radius 3 is 2.38 bits per heavy atom. The SMILES string of the molecule is O=S(=O)(NC1CC1)c1ccc(NC2CC3CCC2O3)cc1. The number of hydrogen-bond acceptors (Lipinski definition) is 4. The van der Waals surface area contributed by atoms with Crippen LogP contribution in [0.5, 0.6) is 0 Å². The van der Waals surface area contributed by atoms with Gasteiger partial charge in [-0.1, -0.05) is 0 Å². The number of benzene rings is 1. The second-order valence-electron chi connectivity index (χ2n) is 6.28. The van der Waals surface area contributed by atoms with Gasteiger partial charge in [0.15, 0.2) is 0 Å². The van der Waals surface area contributed by atoms with Gasteiger partial charge < -0.3 is 10.1 Å². The summed E-state index contributed by atoms with van der Waals surface area (Å²) in [6.07, 6.45) is 5.97. The van der Waals surface area contributed by atoms with Gasteiger partial charge in [0, 0.05) is 11.7 Å². The molecule has 1 saturated carbocycles. The summed E-state index contributed by atoms with van der Waals surface area (Å²) in [5.74, 6) is 0. The molecule has 3 atom stereocenters. The van der Waals surface area contributed by atoms with Gasteiger partial charge in [-0.25, -0.2) is 13.1 Å². The van der Waals surface area contributed by atoms with E-state index >= 15 is 0 Å². The molecule has 0 amide bonds. The lowest BCUT2D eigenvalue weighted by atomic mass is 9.95. The first-order chi connectivity index (χ1) is 10.1. The van der Waals surface area contributed by atoms with Crippen LogP contribution < -0.4 is 10.0 Å². The van der Waals surface area contributed by atoms with Crippen LogP contribution >= 0.6 is 0 Å². The van der Waals surface area contributed by atoms with E-state index in [-0.39, 0.29) is 6.04 Å². The Morgan fingerprint density at radius 1 is 1.05 bits per heavy atom. The molecule has 2 N–H and O–H groups in total. The molecule has 114 valence electrons. The maximum atomic E-state index is 12.1. The van der Waals surface area contributed by atoms with Gasteiger partial charge in [-0.15, -0.1) is 0 Å². The van der Waals surface area contributed by atoms with Crippen LogP contribution in [0, 0.1) is 0 Å². The molecule has 0 aromatic heterocycles. The van der Waals surface area contributed by atoms with Gasteiger partial charge in [-0.3, -0.25) is 0 Å². The van der Waals surface area contributed by atoms with Crippen molar-refractivity contribution in [2.24, 2.45) is 0 Å². The Labute approximate surface area is 125 Å². The maximum Gasteiger partial charge on any atom is 0.240 e. The minimum atomic E-state index is -3.35. The summed E-state index contributed by atoms with van der Waals surface area (Å²) in [4.78, 5) is 0.337. The van der Waals surface area contributed by atoms with E-state index in [1.54, 1.807) is 12.1 Å². The fraction of sp³-hybridized carbons (Fsp3) is 0.600. The average molecular weight is 308 g/mol. The van der Waals surface area contributed by atoms with Crippen LogP contribution in [0.15, 0.2) is 29.2 Å². The third kappa shape index (κ3) is 2.80. The summed E-state index contributed by atoms with van der Waals surface area (Å²) in [5, 5.41) is 3.46. The highest BCUT2D eigenvalue weighted by Gasteiger charge is 2.40. The molecule has 2 aliphatic heterocycles. The lowest BCUT2D eigenvalue weighted by Gasteiger charge is -2.21. The molecule has 3 aliphatic rings. The molecule has 0 spiro atoms. The maximum absolute atomic E-state index is 12.1. The van der Waals surface area contributed by atoms with Crippen molar-refractivity contribution in [2.75, 3.05) is 5.32 Å². The van der Waals surface area contributed by atoms with E-state index in [1.165, 1.54) is 6.42 Å². The largest absolute Gasteiger partial charge is 0.380 e. The van der Waals surface area contributed by atoms with Gasteiger partial charge in [0.25, 0.3) is 0 Å². The van der Waals surface area contributed by atoms with Crippen molar-refractivity contribution in [3.63, 3.8) is 0 Å². The van der Waals surface area contributed by atoms with E-state index in [0.29, 0.717) is 23.1 Å². The van der Waals surface area contributed by atoms with Crippen LogP contribution in [0.25, 0.3) is 0 Å². The first-order valence-electron chi connectivity index (χ1n) is 7.64. The van der Waals surface area contributed by atoms with Crippen molar-refractivity contribution in [3.8, 4) is 0 Å². The molecule has 3 unspecified atom stereocenters. The number of ether oxygens (including phenoxy) is 1. The van der Waals surface area contributed by atoms with Gasteiger partial charge in [-0.2, -0.15) is 0 Å². The highest BCUT2D eigenvalue weighted by Crippen LogP contribution is 2.36. The minimum Gasteiger partial charge on any atom is -0.380 e. The smallest absolute Gasteiger partial charge is 0.240 e. The quantitative estimate of drug-likeness (QED) is 0.871. The summed E-state index contributed by atoms with van der Waals surface area (Å²) < 4.78 is 32.7. The number of rotatable bonds is 5. The first-order valence-corrected chi connectivity index (χ1v) is 9.13. The number of hydrogen-bond donors (Lipinski definition) is 2. The molecule has 6 heteroatoms. The third-order valence-corrected chi connectivity index (χ3v) is 6.06. The van der Waals surface area contributed by atoms with E-state index in [4.69, 9.17) is 4.74 Å². The van der Waals surface area contributed by atoms with E-state index in [0.717, 1.165) is 31.4 Å². The van der Waals surface area contributed by atoms with Gasteiger partial charge in [0.1, 0.15) is 0 Å². The predicted octanol–water partition coefficient (Wildman–Crippen LogP) is 1.86. The summed E-state index contributed by atoms with van der Waals surface area (Å²) in [5.41, 5.74) is 0.960. The van der Waals surface area contributed by atoms with Crippen molar-refractivity contribution >= 4 is 15.7 Å². The second kappa shape index (κ2) is 4.97. The van der Waals surface area contributed by atoms with Gasteiger partial charge in [0.2, 0.25) is 10.0 Å². The fourth-order valence-electron chi connectivity index (χ4n) is 3.22. The van der Waals surface area contributed by atoms with Crippen LogP contribution in [-0.4, -0.2) is 32.7 Å². The second-order valence-corrected chi connectivity index (χ2v) is 7.99. The number of nitrogens with one attached hydrogen (secondary N) is 2. The molecular formula is C15H20N2O3S.